The lowest BCUT2D eigenvalue weighted by Gasteiger charge is -2.36. The maximum absolute atomic E-state index is 13.9. The van der Waals surface area contributed by atoms with Crippen molar-refractivity contribution in [3.05, 3.63) is 107 Å². The normalized spacial score (nSPS) is 21.7. The smallest absolute Gasteiger partial charge is 0.255 e. The van der Waals surface area contributed by atoms with Crippen molar-refractivity contribution in [1.29, 1.82) is 0 Å². The van der Waals surface area contributed by atoms with Crippen LogP contribution < -0.4 is 25.6 Å². The van der Waals surface area contributed by atoms with Gasteiger partial charge < -0.3 is 35.1 Å². The average Bonchev–Trinajstić information content (AvgIpc) is 3.93. The van der Waals surface area contributed by atoms with Gasteiger partial charge in [0, 0.05) is 73.6 Å². The maximum atomic E-state index is 13.9. The highest BCUT2D eigenvalue weighted by atomic mass is 35.5. The summed E-state index contributed by atoms with van der Waals surface area (Å²) in [5.74, 6) is 2.00. The zero-order chi connectivity index (χ0) is 46.7. The van der Waals surface area contributed by atoms with Crippen LogP contribution in [0, 0.1) is 11.8 Å². The van der Waals surface area contributed by atoms with E-state index in [0.29, 0.717) is 76.3 Å². The number of carbonyl (C=O) groups is 5. The summed E-state index contributed by atoms with van der Waals surface area (Å²) < 4.78 is 5.91. The highest BCUT2D eigenvalue weighted by Gasteiger charge is 2.39. The van der Waals surface area contributed by atoms with E-state index in [4.69, 9.17) is 16.3 Å². The van der Waals surface area contributed by atoms with E-state index in [0.717, 1.165) is 95.3 Å². The first kappa shape index (κ1) is 45.5. The van der Waals surface area contributed by atoms with E-state index in [-0.39, 0.29) is 52.9 Å². The Labute approximate surface area is 400 Å². The number of fused-ring (bicyclic) bond motifs is 2. The van der Waals surface area contributed by atoms with Crippen molar-refractivity contribution in [2.75, 3.05) is 42.9 Å². The van der Waals surface area contributed by atoms with Crippen LogP contribution in [0.4, 0.5) is 11.5 Å². The number of H-pyrrole nitrogens is 1. The molecular formula is C52H58ClN9O6. The molecule has 0 bridgehead atoms. The summed E-state index contributed by atoms with van der Waals surface area (Å²) in [5.41, 5.74) is 4.07. The molecule has 4 N–H and O–H groups in total. The lowest BCUT2D eigenvalue weighted by Crippen LogP contribution is -2.52. The lowest BCUT2D eigenvalue weighted by molar-refractivity contribution is -0.137. The van der Waals surface area contributed by atoms with Crippen LogP contribution in [0.25, 0.3) is 11.0 Å². The van der Waals surface area contributed by atoms with E-state index >= 15 is 0 Å². The number of piperidine rings is 3. The number of halogens is 1. The topological polar surface area (TPSA) is 182 Å². The van der Waals surface area contributed by atoms with Crippen LogP contribution in [0.2, 0.25) is 5.02 Å². The molecule has 10 rings (SSSR count). The van der Waals surface area contributed by atoms with Crippen molar-refractivity contribution >= 4 is 63.6 Å². The summed E-state index contributed by atoms with van der Waals surface area (Å²) in [4.78, 5) is 83.1. The standard InChI is InChI=1S/C52H58ClN9O6/c53-43-28-39(68-38-4-2-1-3-5-38)11-13-41(43)48(65)42-29-54-49-47(42)50(56-31-55-49)58-36-8-6-35(7-9-36)57-46(64)26-33-17-22-60(23-18-33)21-16-32-19-24-61(25-20-32)37-10-12-40-34(27-37)30-62(52(40)67)44-14-15-45(63)59-51(44)66/h1-5,10-13,27-29,31-33,35-36,44H,6-9,14-26,30H2,(H,57,64)(H,59,63,66)(H2,54,55,56,58). The van der Waals surface area contributed by atoms with E-state index in [9.17, 15) is 24.0 Å². The number of carbonyl (C=O) groups excluding carboxylic acids is 5. The van der Waals surface area contributed by atoms with Crippen molar-refractivity contribution in [1.82, 2.24) is 35.4 Å². The Kier molecular flexibility index (Phi) is 13.4. The molecule has 6 heterocycles. The maximum Gasteiger partial charge on any atom is 0.255 e. The Morgan fingerprint density at radius 2 is 1.56 bits per heavy atom. The first-order valence-corrected chi connectivity index (χ1v) is 24.7. The van der Waals surface area contributed by atoms with Crippen molar-refractivity contribution in [3.63, 3.8) is 0 Å². The van der Waals surface area contributed by atoms with Crippen LogP contribution >= 0.6 is 11.6 Å². The number of hydrogen-bond acceptors (Lipinski definition) is 11. The molecule has 3 aromatic carbocycles. The van der Waals surface area contributed by atoms with Crippen LogP contribution in [-0.4, -0.2) is 105 Å². The number of anilines is 2. The van der Waals surface area contributed by atoms with Crippen molar-refractivity contribution in [2.24, 2.45) is 11.8 Å². The molecule has 4 aliphatic heterocycles. The number of ketones is 1. The number of amides is 4. The van der Waals surface area contributed by atoms with Gasteiger partial charge in [0.15, 0.2) is 5.78 Å². The highest BCUT2D eigenvalue weighted by Crippen LogP contribution is 2.35. The number of ether oxygens (including phenoxy) is 1. The number of rotatable bonds is 14. The molecule has 0 spiro atoms. The van der Waals surface area contributed by atoms with Gasteiger partial charge >= 0.3 is 0 Å². The molecule has 354 valence electrons. The van der Waals surface area contributed by atoms with Gasteiger partial charge in [0.25, 0.3) is 5.91 Å². The minimum atomic E-state index is -0.601. The molecule has 1 unspecified atom stereocenters. The fourth-order valence-corrected chi connectivity index (χ4v) is 11.2. The van der Waals surface area contributed by atoms with E-state index in [2.05, 4.69) is 46.8 Å². The zero-order valence-corrected chi connectivity index (χ0v) is 38.9. The molecule has 0 radical (unpaired) electrons. The number of benzene rings is 3. The zero-order valence-electron chi connectivity index (χ0n) is 38.2. The summed E-state index contributed by atoms with van der Waals surface area (Å²) in [6, 6.07) is 20.2. The van der Waals surface area contributed by atoms with E-state index in [1.807, 2.05) is 42.5 Å². The third-order valence-electron chi connectivity index (χ3n) is 14.8. The van der Waals surface area contributed by atoms with Gasteiger partial charge in [0.1, 0.15) is 35.3 Å². The van der Waals surface area contributed by atoms with Crippen molar-refractivity contribution in [3.8, 4) is 11.5 Å². The third-order valence-corrected chi connectivity index (χ3v) is 15.1. The first-order chi connectivity index (χ1) is 33.1. The predicted octanol–water partition coefficient (Wildman–Crippen LogP) is 7.64. The monoisotopic (exact) mass is 939 g/mol. The van der Waals surface area contributed by atoms with Gasteiger partial charge in [0.05, 0.1) is 16.0 Å². The SMILES string of the molecule is O=C1CCC(N2Cc3cc(N4CCC(CCN5CCC(CC(=O)NC6CCC(Nc7ncnc8[nH]cc(C(=O)c9ccc(Oc%10ccccc%10)cc9Cl)c78)CC6)CC5)CC4)ccc3C2=O)C(=O)N1. The highest BCUT2D eigenvalue weighted by molar-refractivity contribution is 6.35. The number of aromatic amines is 1. The van der Waals surface area contributed by atoms with Gasteiger partial charge in [-0.3, -0.25) is 29.3 Å². The number of nitrogens with zero attached hydrogens (tertiary/aromatic N) is 5. The molecule has 4 fully saturated rings. The molecule has 1 aliphatic carbocycles. The number of likely N-dealkylation sites (tertiary alicyclic amines) is 1. The molecule has 1 atom stereocenters. The molecule has 3 saturated heterocycles. The molecular weight excluding hydrogens is 882 g/mol. The molecule has 5 aliphatic rings. The summed E-state index contributed by atoms with van der Waals surface area (Å²) >= 11 is 6.64. The van der Waals surface area contributed by atoms with E-state index in [1.54, 1.807) is 29.3 Å². The van der Waals surface area contributed by atoms with E-state index in [1.165, 1.54) is 12.7 Å². The Balaban J connectivity index is 0.630. The second-order valence-electron chi connectivity index (χ2n) is 19.2. The third kappa shape index (κ3) is 10.1. The number of nitrogens with one attached hydrogen (secondary N) is 4. The van der Waals surface area contributed by atoms with Crippen LogP contribution in [-0.2, 0) is 20.9 Å². The second kappa shape index (κ2) is 20.1. The van der Waals surface area contributed by atoms with Gasteiger partial charge in [-0.05, 0) is 144 Å². The summed E-state index contributed by atoms with van der Waals surface area (Å²) in [7, 11) is 0. The molecule has 15 nitrogen and oxygen atoms in total. The minimum absolute atomic E-state index is 0.133. The predicted molar refractivity (Wildman–Crippen MR) is 259 cm³/mol. The quantitative estimate of drug-likeness (QED) is 0.0635. The second-order valence-corrected chi connectivity index (χ2v) is 19.7. The van der Waals surface area contributed by atoms with Crippen LogP contribution in [0.15, 0.2) is 79.3 Å². The Morgan fingerprint density at radius 1 is 0.794 bits per heavy atom. The van der Waals surface area contributed by atoms with Gasteiger partial charge in [-0.2, -0.15) is 0 Å². The van der Waals surface area contributed by atoms with Crippen LogP contribution in [0.1, 0.15) is 109 Å². The molecule has 68 heavy (non-hydrogen) atoms. The molecule has 2 aromatic heterocycles. The fourth-order valence-electron chi connectivity index (χ4n) is 10.9. The van der Waals surface area contributed by atoms with E-state index < -0.39 is 6.04 Å². The van der Waals surface area contributed by atoms with Gasteiger partial charge in [-0.1, -0.05) is 29.8 Å². The average molecular weight is 941 g/mol. The Hall–Kier alpha value is -6.32. The van der Waals surface area contributed by atoms with Gasteiger partial charge in [-0.15, -0.1) is 0 Å². The largest absolute Gasteiger partial charge is 0.457 e. The summed E-state index contributed by atoms with van der Waals surface area (Å²) in [6.07, 6.45) is 13.3. The Morgan fingerprint density at radius 3 is 2.32 bits per heavy atom. The minimum Gasteiger partial charge on any atom is -0.457 e. The summed E-state index contributed by atoms with van der Waals surface area (Å²) in [6.45, 7) is 5.51. The number of aromatic nitrogens is 3. The lowest BCUT2D eigenvalue weighted by atomic mass is 9.89. The fraction of sp³-hybridized carbons (Fsp3) is 0.442. The molecule has 4 amide bonds. The first-order valence-electron chi connectivity index (χ1n) is 24.3. The number of hydrogen-bond donors (Lipinski definition) is 4. The molecule has 5 aromatic rings. The van der Waals surface area contributed by atoms with Crippen LogP contribution in [0.3, 0.4) is 0 Å². The van der Waals surface area contributed by atoms with Crippen molar-refractivity contribution < 1.29 is 28.7 Å². The van der Waals surface area contributed by atoms with Gasteiger partial charge in [0.2, 0.25) is 17.7 Å². The summed E-state index contributed by atoms with van der Waals surface area (Å²) in [5, 5.41) is 10.2. The van der Waals surface area contributed by atoms with Gasteiger partial charge in [-0.25, -0.2) is 9.97 Å². The number of imide groups is 1. The number of para-hydroxylation sites is 1. The van der Waals surface area contributed by atoms with Crippen molar-refractivity contribution in [2.45, 2.75) is 102 Å². The van der Waals surface area contributed by atoms with Crippen LogP contribution in [0.5, 0.6) is 11.5 Å². The Bertz CT molecular complexity index is 2690. The molecule has 16 heteroatoms. The molecule has 1 saturated carbocycles.